The summed E-state index contributed by atoms with van der Waals surface area (Å²) in [6.07, 6.45) is -10.9. The minimum Gasteiger partial charge on any atom is -0.382 e. The number of nitrogen functional groups attached to an aromatic ring is 1. The molecule has 2 N–H and O–H groups in total. The van der Waals surface area contributed by atoms with Gasteiger partial charge in [0.2, 0.25) is 0 Å². The first-order chi connectivity index (χ1) is 12.0. The summed E-state index contributed by atoms with van der Waals surface area (Å²) in [6.45, 7) is 0.0131. The Morgan fingerprint density at radius 1 is 1.08 bits per heavy atom. The van der Waals surface area contributed by atoms with Gasteiger partial charge in [-0.15, -0.1) is 0 Å². The third-order valence-electron chi connectivity index (χ3n) is 3.85. The third kappa shape index (κ3) is 4.54. The van der Waals surface area contributed by atoms with Crippen molar-refractivity contribution >= 4 is 17.0 Å². The van der Waals surface area contributed by atoms with E-state index in [1.807, 2.05) is 0 Å². The van der Waals surface area contributed by atoms with E-state index in [2.05, 4.69) is 15.0 Å². The average Bonchev–Trinajstić information content (AvgIpc) is 3.07. The van der Waals surface area contributed by atoms with Gasteiger partial charge >= 0.3 is 12.4 Å². The third-order valence-corrected chi connectivity index (χ3v) is 3.85. The van der Waals surface area contributed by atoms with Gasteiger partial charge in [0.25, 0.3) is 0 Å². The van der Waals surface area contributed by atoms with Crippen molar-refractivity contribution in [1.29, 1.82) is 0 Å². The lowest BCUT2D eigenvalue weighted by Crippen LogP contribution is -2.29. The van der Waals surface area contributed by atoms with E-state index < -0.39 is 36.9 Å². The van der Waals surface area contributed by atoms with Gasteiger partial charge in [0.1, 0.15) is 17.9 Å². The summed E-state index contributed by atoms with van der Waals surface area (Å²) >= 11 is 0. The molecule has 3 rings (SSSR count). The zero-order valence-electron chi connectivity index (χ0n) is 13.2. The minimum absolute atomic E-state index is 0.0131. The maximum absolute atomic E-state index is 12.6. The molecule has 143 valence electrons. The number of aromatic nitrogens is 4. The van der Waals surface area contributed by atoms with Crippen molar-refractivity contribution in [2.75, 3.05) is 5.73 Å². The van der Waals surface area contributed by atoms with Gasteiger partial charge in [-0.1, -0.05) is 0 Å². The van der Waals surface area contributed by atoms with E-state index in [-0.39, 0.29) is 12.4 Å². The predicted molar refractivity (Wildman–Crippen MR) is 77.4 cm³/mol. The van der Waals surface area contributed by atoms with Crippen LogP contribution < -0.4 is 5.73 Å². The summed E-state index contributed by atoms with van der Waals surface area (Å²) in [5.74, 6) is 0.126. The Morgan fingerprint density at radius 2 is 1.69 bits per heavy atom. The van der Waals surface area contributed by atoms with Crippen LogP contribution in [0.1, 0.15) is 25.7 Å². The van der Waals surface area contributed by atoms with Crippen molar-refractivity contribution < 1.29 is 31.1 Å². The molecule has 1 saturated carbocycles. The van der Waals surface area contributed by atoms with Gasteiger partial charge in [-0.3, -0.25) is 0 Å². The second-order valence-electron chi connectivity index (χ2n) is 6.21. The summed E-state index contributed by atoms with van der Waals surface area (Å²) < 4.78 is 82.2. The first-order valence-electron chi connectivity index (χ1n) is 7.55. The average molecular weight is 382 g/mol. The molecule has 1 aliphatic carbocycles. The molecular formula is C14H14F6N5O. The zero-order valence-corrected chi connectivity index (χ0v) is 13.2. The molecule has 0 spiro atoms. The molecular weight excluding hydrogens is 368 g/mol. The molecule has 2 aromatic heterocycles. The van der Waals surface area contributed by atoms with Crippen LogP contribution in [0.5, 0.6) is 0 Å². The van der Waals surface area contributed by atoms with E-state index in [1.54, 1.807) is 0 Å². The number of nitrogens with zero attached hydrogens (tertiary/aromatic N) is 4. The molecule has 0 aliphatic heterocycles. The van der Waals surface area contributed by atoms with Crippen LogP contribution in [0.25, 0.3) is 11.2 Å². The molecule has 0 saturated heterocycles. The van der Waals surface area contributed by atoms with Gasteiger partial charge in [0.15, 0.2) is 11.5 Å². The molecule has 0 aromatic carbocycles. The van der Waals surface area contributed by atoms with Crippen LogP contribution in [0.3, 0.4) is 0 Å². The normalized spacial score (nSPS) is 17.2. The van der Waals surface area contributed by atoms with Crippen LogP contribution in [0.4, 0.5) is 32.2 Å². The monoisotopic (exact) mass is 382 g/mol. The minimum atomic E-state index is -4.79. The Balaban J connectivity index is 1.77. The number of hydrogen-bond donors (Lipinski definition) is 1. The van der Waals surface area contributed by atoms with Crippen LogP contribution in [0, 0.1) is 6.10 Å². The van der Waals surface area contributed by atoms with Gasteiger partial charge in [-0.2, -0.15) is 26.3 Å². The summed E-state index contributed by atoms with van der Waals surface area (Å²) in [5.41, 5.74) is 5.15. The summed E-state index contributed by atoms with van der Waals surface area (Å²) in [6, 6.07) is 0. The molecule has 2 aromatic rings. The fourth-order valence-electron chi connectivity index (χ4n) is 2.64. The number of rotatable bonds is 6. The van der Waals surface area contributed by atoms with Gasteiger partial charge in [-0.05, 0) is 12.8 Å². The number of nitrogens with two attached hydrogens (primary N) is 1. The first kappa shape index (κ1) is 18.7. The highest BCUT2D eigenvalue weighted by Crippen LogP contribution is 2.47. The predicted octanol–water partition coefficient (Wildman–Crippen LogP) is 3.39. The van der Waals surface area contributed by atoms with Crippen LogP contribution in [-0.4, -0.2) is 37.5 Å². The maximum atomic E-state index is 12.6. The SMILES string of the molecule is Nc1ncnc2c1ncn2CC1(O[C](CC(F)(F)F)CC(F)(F)F)CC1. The molecule has 6 nitrogen and oxygen atoms in total. The first-order valence-corrected chi connectivity index (χ1v) is 7.55. The standard InChI is InChI=1S/C14H14F6N5O/c15-13(16,17)3-8(4-14(18,19)20)26-12(1-2-12)5-25-7-24-9-10(21)22-6-23-11(9)25/h6-7H,1-5H2,(H2,21,22,23). The van der Waals surface area contributed by atoms with Crippen molar-refractivity contribution in [2.24, 2.45) is 0 Å². The van der Waals surface area contributed by atoms with Crippen LogP contribution in [0.15, 0.2) is 12.7 Å². The van der Waals surface area contributed by atoms with Crippen LogP contribution >= 0.6 is 0 Å². The van der Waals surface area contributed by atoms with E-state index in [0.29, 0.717) is 24.0 Å². The lowest BCUT2D eigenvalue weighted by atomic mass is 10.1. The number of imidazole rings is 1. The topological polar surface area (TPSA) is 78.9 Å². The maximum Gasteiger partial charge on any atom is 0.391 e. The Kier molecular flexibility index (Phi) is 4.49. The molecule has 0 amide bonds. The van der Waals surface area contributed by atoms with Gasteiger partial charge in [0, 0.05) is 0 Å². The largest absolute Gasteiger partial charge is 0.391 e. The second-order valence-corrected chi connectivity index (χ2v) is 6.21. The fourth-order valence-corrected chi connectivity index (χ4v) is 2.64. The highest BCUT2D eigenvalue weighted by atomic mass is 19.4. The number of halogens is 6. The summed E-state index contributed by atoms with van der Waals surface area (Å²) in [5, 5.41) is 0. The number of fused-ring (bicyclic) bond motifs is 1. The molecule has 12 heteroatoms. The molecule has 26 heavy (non-hydrogen) atoms. The van der Waals surface area contributed by atoms with Gasteiger partial charge < -0.3 is 15.0 Å². The fraction of sp³-hybridized carbons (Fsp3) is 0.571. The van der Waals surface area contributed by atoms with Crippen LogP contribution in [0.2, 0.25) is 0 Å². The molecule has 0 bridgehead atoms. The van der Waals surface area contributed by atoms with E-state index in [4.69, 9.17) is 10.5 Å². The Labute approximate surface area is 143 Å². The number of ether oxygens (including phenoxy) is 1. The van der Waals surface area contributed by atoms with Gasteiger partial charge in [-0.25, -0.2) is 15.0 Å². The quantitative estimate of drug-likeness (QED) is 0.775. The van der Waals surface area contributed by atoms with Crippen molar-refractivity contribution in [3.63, 3.8) is 0 Å². The Hall–Kier alpha value is -2.11. The van der Waals surface area contributed by atoms with Crippen molar-refractivity contribution in [1.82, 2.24) is 19.5 Å². The Morgan fingerprint density at radius 3 is 2.23 bits per heavy atom. The smallest absolute Gasteiger partial charge is 0.382 e. The second kappa shape index (κ2) is 6.25. The number of alkyl halides is 6. The van der Waals surface area contributed by atoms with Crippen molar-refractivity contribution in [3.8, 4) is 0 Å². The molecule has 0 unspecified atom stereocenters. The highest BCUT2D eigenvalue weighted by molar-refractivity contribution is 5.81. The number of hydrogen-bond acceptors (Lipinski definition) is 5. The highest BCUT2D eigenvalue weighted by Gasteiger charge is 2.50. The van der Waals surface area contributed by atoms with Crippen LogP contribution in [-0.2, 0) is 11.3 Å². The van der Waals surface area contributed by atoms with Crippen molar-refractivity contribution in [3.05, 3.63) is 18.8 Å². The van der Waals surface area contributed by atoms with E-state index in [9.17, 15) is 26.3 Å². The van der Waals surface area contributed by atoms with Gasteiger partial charge in [0.05, 0.1) is 31.3 Å². The van der Waals surface area contributed by atoms with E-state index >= 15 is 0 Å². The molecule has 0 atom stereocenters. The van der Waals surface area contributed by atoms with Crippen molar-refractivity contribution in [2.45, 2.75) is 50.2 Å². The lowest BCUT2D eigenvalue weighted by Gasteiger charge is -2.26. The summed E-state index contributed by atoms with van der Waals surface area (Å²) in [4.78, 5) is 11.8. The molecule has 1 aliphatic rings. The molecule has 1 fully saturated rings. The molecule has 1 radical (unpaired) electrons. The number of anilines is 1. The Bertz CT molecular complexity index is 766. The lowest BCUT2D eigenvalue weighted by molar-refractivity contribution is -0.177. The zero-order chi connectivity index (χ0) is 19.2. The summed E-state index contributed by atoms with van der Waals surface area (Å²) in [7, 11) is 0. The van der Waals surface area contributed by atoms with E-state index in [1.165, 1.54) is 17.2 Å². The molecule has 2 heterocycles. The van der Waals surface area contributed by atoms with E-state index in [0.717, 1.165) is 0 Å².